The Balaban J connectivity index is 1.07. The fourth-order valence-electron chi connectivity index (χ4n) is 7.48. The number of fused-ring (bicyclic) bond motifs is 6. The minimum absolute atomic E-state index is 1.14. The van der Waals surface area contributed by atoms with Crippen molar-refractivity contribution in [3.05, 3.63) is 188 Å². The van der Waals surface area contributed by atoms with Gasteiger partial charge in [-0.25, -0.2) is 0 Å². The first-order valence-electron chi connectivity index (χ1n) is 17.1. The quantitative estimate of drug-likeness (QED) is 0.179. The van der Waals surface area contributed by atoms with Crippen LogP contribution < -0.4 is 4.90 Å². The second kappa shape index (κ2) is 11.7. The molecule has 9 aromatic carbocycles. The third-order valence-electron chi connectivity index (χ3n) is 9.99. The van der Waals surface area contributed by atoms with E-state index in [0.717, 1.165) is 11.4 Å². The maximum atomic E-state index is 2.42. The lowest BCUT2D eigenvalue weighted by atomic mass is 9.96. The molecule has 1 aromatic heterocycles. The summed E-state index contributed by atoms with van der Waals surface area (Å²) in [6.07, 6.45) is 0. The van der Waals surface area contributed by atoms with Gasteiger partial charge in [-0.1, -0.05) is 133 Å². The molecule has 1 heterocycles. The Morgan fingerprint density at radius 2 is 0.840 bits per heavy atom. The van der Waals surface area contributed by atoms with Gasteiger partial charge in [0.25, 0.3) is 0 Å². The highest BCUT2D eigenvalue weighted by atomic mass is 32.1. The predicted molar refractivity (Wildman–Crippen MR) is 217 cm³/mol. The molecule has 0 aliphatic rings. The van der Waals surface area contributed by atoms with E-state index < -0.39 is 0 Å². The average molecular weight is 654 g/mol. The van der Waals surface area contributed by atoms with Crippen LogP contribution in [0, 0.1) is 0 Å². The van der Waals surface area contributed by atoms with E-state index in [9.17, 15) is 0 Å². The molecular formula is C48H31NS. The molecule has 0 aliphatic heterocycles. The molecule has 0 radical (unpaired) electrons. The van der Waals surface area contributed by atoms with Crippen LogP contribution in [0.2, 0.25) is 0 Å². The molecule has 10 aromatic rings. The maximum Gasteiger partial charge on any atom is 0.0540 e. The molecule has 0 amide bonds. The Bertz CT molecular complexity index is 2890. The zero-order valence-corrected chi connectivity index (χ0v) is 28.1. The molecule has 0 bridgehead atoms. The molecule has 50 heavy (non-hydrogen) atoms. The summed E-state index contributed by atoms with van der Waals surface area (Å²) in [7, 11) is 0. The Morgan fingerprint density at radius 1 is 0.300 bits per heavy atom. The number of thiophene rings is 1. The molecule has 1 nitrogen and oxygen atoms in total. The largest absolute Gasteiger partial charge is 0.310 e. The number of hydrogen-bond donors (Lipinski definition) is 0. The van der Waals surface area contributed by atoms with Gasteiger partial charge < -0.3 is 4.90 Å². The highest BCUT2D eigenvalue weighted by molar-refractivity contribution is 7.25. The standard InChI is InChI=1S/C48H31NS/c1-2-11-34-27-37(20-19-32(34)9-1)35-13-7-14-36(28-35)38-21-22-40-30-41(24-23-39(40)29-38)49(46-17-8-12-33-10-3-4-15-43(33)46)42-25-26-45-44-16-5-6-18-47(44)50-48(45)31-42/h1-31H. The first-order valence-corrected chi connectivity index (χ1v) is 17.9. The lowest BCUT2D eigenvalue weighted by Gasteiger charge is -2.27. The Labute approximate surface area is 294 Å². The monoisotopic (exact) mass is 653 g/mol. The molecule has 0 fully saturated rings. The molecule has 2 heteroatoms. The summed E-state index contributed by atoms with van der Waals surface area (Å²) in [4.78, 5) is 2.42. The van der Waals surface area contributed by atoms with Gasteiger partial charge in [-0.3, -0.25) is 0 Å². The van der Waals surface area contributed by atoms with Crippen molar-refractivity contribution in [2.75, 3.05) is 4.90 Å². The summed E-state index contributed by atoms with van der Waals surface area (Å²) in [6, 6.07) is 68.9. The predicted octanol–water partition coefficient (Wildman–Crippen LogP) is 14.3. The van der Waals surface area contributed by atoms with E-state index in [0.29, 0.717) is 0 Å². The van der Waals surface area contributed by atoms with Crippen molar-refractivity contribution in [3.8, 4) is 22.3 Å². The second-order valence-corrected chi connectivity index (χ2v) is 14.1. The van der Waals surface area contributed by atoms with Crippen molar-refractivity contribution in [1.82, 2.24) is 0 Å². The molecule has 0 unspecified atom stereocenters. The molecule has 0 aliphatic carbocycles. The van der Waals surface area contributed by atoms with Crippen LogP contribution in [-0.2, 0) is 0 Å². The van der Waals surface area contributed by atoms with E-state index in [4.69, 9.17) is 0 Å². The van der Waals surface area contributed by atoms with Crippen LogP contribution in [0.1, 0.15) is 0 Å². The van der Waals surface area contributed by atoms with Gasteiger partial charge in [0.2, 0.25) is 0 Å². The lowest BCUT2D eigenvalue weighted by Crippen LogP contribution is -2.10. The number of hydrogen-bond acceptors (Lipinski definition) is 2. The zero-order valence-electron chi connectivity index (χ0n) is 27.3. The SMILES string of the molecule is c1cc(-c2ccc3ccccc3c2)cc(-c2ccc3cc(N(c4ccc5c(c4)sc4ccccc45)c4cccc5ccccc45)ccc3c2)c1. The van der Waals surface area contributed by atoms with Crippen LogP contribution in [0.25, 0.3) is 74.7 Å². The van der Waals surface area contributed by atoms with Gasteiger partial charge >= 0.3 is 0 Å². The van der Waals surface area contributed by atoms with E-state index in [1.165, 1.54) is 80.4 Å². The van der Waals surface area contributed by atoms with Crippen LogP contribution in [-0.4, -0.2) is 0 Å². The molecule has 234 valence electrons. The van der Waals surface area contributed by atoms with Crippen LogP contribution in [0.5, 0.6) is 0 Å². The summed E-state index contributed by atoms with van der Waals surface area (Å²) in [6.45, 7) is 0. The van der Waals surface area contributed by atoms with Crippen LogP contribution in [0.15, 0.2) is 188 Å². The van der Waals surface area contributed by atoms with Gasteiger partial charge in [0, 0.05) is 36.9 Å². The molecule has 0 saturated carbocycles. The topological polar surface area (TPSA) is 3.24 Å². The van der Waals surface area contributed by atoms with Gasteiger partial charge in [-0.05, 0) is 104 Å². The number of benzene rings is 9. The van der Waals surface area contributed by atoms with Crippen molar-refractivity contribution in [2.45, 2.75) is 0 Å². The molecule has 10 rings (SSSR count). The summed E-state index contributed by atoms with van der Waals surface area (Å²) in [5.74, 6) is 0. The Kier molecular flexibility index (Phi) is 6.75. The maximum absolute atomic E-state index is 2.42. The Hall–Kier alpha value is -6.22. The summed E-state index contributed by atoms with van der Waals surface area (Å²) in [5.41, 5.74) is 8.36. The molecule has 0 atom stereocenters. The number of rotatable bonds is 5. The third-order valence-corrected chi connectivity index (χ3v) is 11.1. The van der Waals surface area contributed by atoms with Crippen molar-refractivity contribution < 1.29 is 0 Å². The van der Waals surface area contributed by atoms with Crippen molar-refractivity contribution >= 4 is 80.9 Å². The van der Waals surface area contributed by atoms with Crippen LogP contribution in [0.4, 0.5) is 17.1 Å². The van der Waals surface area contributed by atoms with E-state index in [2.05, 4.69) is 193 Å². The van der Waals surface area contributed by atoms with E-state index in [1.54, 1.807) is 0 Å². The summed E-state index contributed by atoms with van der Waals surface area (Å²) < 4.78 is 2.62. The number of nitrogens with zero attached hydrogens (tertiary/aromatic N) is 1. The van der Waals surface area contributed by atoms with E-state index in [-0.39, 0.29) is 0 Å². The lowest BCUT2D eigenvalue weighted by molar-refractivity contribution is 1.31. The third kappa shape index (κ3) is 4.92. The molecule has 0 N–H and O–H groups in total. The van der Waals surface area contributed by atoms with Crippen molar-refractivity contribution in [3.63, 3.8) is 0 Å². The summed E-state index contributed by atoms with van der Waals surface area (Å²) in [5, 5.41) is 10.1. The molecule has 0 saturated heterocycles. The van der Waals surface area contributed by atoms with Crippen LogP contribution >= 0.6 is 11.3 Å². The highest BCUT2D eigenvalue weighted by Crippen LogP contribution is 2.43. The second-order valence-electron chi connectivity index (χ2n) is 13.0. The minimum atomic E-state index is 1.14. The fourth-order valence-corrected chi connectivity index (χ4v) is 8.62. The van der Waals surface area contributed by atoms with Gasteiger partial charge in [0.15, 0.2) is 0 Å². The van der Waals surface area contributed by atoms with Crippen molar-refractivity contribution in [2.24, 2.45) is 0 Å². The molecule has 0 spiro atoms. The number of anilines is 3. The van der Waals surface area contributed by atoms with E-state index in [1.807, 2.05) is 11.3 Å². The highest BCUT2D eigenvalue weighted by Gasteiger charge is 2.17. The first-order chi connectivity index (χ1) is 24.7. The van der Waals surface area contributed by atoms with Crippen LogP contribution in [0.3, 0.4) is 0 Å². The molecular weight excluding hydrogens is 623 g/mol. The average Bonchev–Trinajstić information content (AvgIpc) is 3.56. The van der Waals surface area contributed by atoms with E-state index >= 15 is 0 Å². The van der Waals surface area contributed by atoms with Gasteiger partial charge in [-0.2, -0.15) is 0 Å². The van der Waals surface area contributed by atoms with Crippen molar-refractivity contribution in [1.29, 1.82) is 0 Å². The first kappa shape index (κ1) is 28.8. The van der Waals surface area contributed by atoms with Gasteiger partial charge in [0.05, 0.1) is 5.69 Å². The summed E-state index contributed by atoms with van der Waals surface area (Å²) >= 11 is 1.86. The zero-order chi connectivity index (χ0) is 33.0. The minimum Gasteiger partial charge on any atom is -0.310 e. The smallest absolute Gasteiger partial charge is 0.0540 e. The normalized spacial score (nSPS) is 11.6. The van der Waals surface area contributed by atoms with Gasteiger partial charge in [-0.15, -0.1) is 11.3 Å². The Morgan fingerprint density at radius 3 is 1.68 bits per heavy atom. The van der Waals surface area contributed by atoms with Gasteiger partial charge in [0.1, 0.15) is 0 Å². The fraction of sp³-hybridized carbons (Fsp3) is 0.